The Morgan fingerprint density at radius 2 is 1.83 bits per heavy atom. The molecule has 2 aromatic heterocycles. The Labute approximate surface area is 169 Å². The summed E-state index contributed by atoms with van der Waals surface area (Å²) in [6, 6.07) is 9.43. The Morgan fingerprint density at radius 3 is 2.55 bits per heavy atom. The second-order valence-corrected chi connectivity index (χ2v) is 7.62. The Morgan fingerprint density at radius 1 is 1.10 bits per heavy atom. The summed E-state index contributed by atoms with van der Waals surface area (Å²) in [6.45, 7) is 5.21. The molecule has 1 aromatic carbocycles. The van der Waals surface area contributed by atoms with Crippen LogP contribution < -0.4 is 0 Å². The third kappa shape index (κ3) is 3.90. The van der Waals surface area contributed by atoms with Crippen molar-refractivity contribution in [2.24, 2.45) is 5.92 Å². The zero-order valence-corrected chi connectivity index (χ0v) is 16.8. The summed E-state index contributed by atoms with van der Waals surface area (Å²) in [7, 11) is 0. The maximum absolute atomic E-state index is 12.7. The van der Waals surface area contributed by atoms with E-state index in [-0.39, 0.29) is 17.6 Å². The molecule has 1 amide bonds. The van der Waals surface area contributed by atoms with Crippen LogP contribution in [0.15, 0.2) is 36.7 Å². The first-order valence-electron chi connectivity index (χ1n) is 10.1. The molecular formula is C22H25N5O2. The normalized spacial score (nSPS) is 15.0. The van der Waals surface area contributed by atoms with Crippen LogP contribution in [0.4, 0.5) is 0 Å². The fourth-order valence-corrected chi connectivity index (χ4v) is 4.14. The summed E-state index contributed by atoms with van der Waals surface area (Å²) in [5.74, 6) is 0.911. The van der Waals surface area contributed by atoms with Crippen LogP contribution in [0, 0.1) is 19.8 Å². The van der Waals surface area contributed by atoms with Crippen molar-refractivity contribution in [2.75, 3.05) is 13.1 Å². The molecular weight excluding hydrogens is 366 g/mol. The van der Waals surface area contributed by atoms with Crippen molar-refractivity contribution in [3.8, 4) is 0 Å². The fourth-order valence-electron chi connectivity index (χ4n) is 4.14. The number of fused-ring (bicyclic) bond motifs is 1. The molecule has 0 radical (unpaired) electrons. The maximum atomic E-state index is 12.7. The Kier molecular flexibility index (Phi) is 5.38. The highest BCUT2D eigenvalue weighted by Gasteiger charge is 2.28. The molecule has 29 heavy (non-hydrogen) atoms. The third-order valence-corrected chi connectivity index (χ3v) is 5.85. The van der Waals surface area contributed by atoms with E-state index in [0.29, 0.717) is 31.7 Å². The number of carbonyl (C=O) groups is 2. The zero-order valence-electron chi connectivity index (χ0n) is 16.8. The molecule has 0 unspecified atom stereocenters. The molecule has 0 N–H and O–H groups in total. The number of aromatic nitrogens is 4. The zero-order chi connectivity index (χ0) is 20.4. The topological polar surface area (TPSA) is 80.5 Å². The summed E-state index contributed by atoms with van der Waals surface area (Å²) in [4.78, 5) is 35.9. The molecule has 7 heteroatoms. The summed E-state index contributed by atoms with van der Waals surface area (Å²) in [5, 5.41) is 4.20. The van der Waals surface area contributed by atoms with Crippen LogP contribution in [0.25, 0.3) is 5.78 Å². The number of likely N-dealkylation sites (tertiary alicyclic amines) is 1. The van der Waals surface area contributed by atoms with Gasteiger partial charge >= 0.3 is 0 Å². The van der Waals surface area contributed by atoms with E-state index >= 15 is 0 Å². The van der Waals surface area contributed by atoms with E-state index in [9.17, 15) is 9.59 Å². The van der Waals surface area contributed by atoms with Crippen LogP contribution in [0.1, 0.15) is 46.6 Å². The van der Waals surface area contributed by atoms with Crippen molar-refractivity contribution in [1.82, 2.24) is 24.5 Å². The van der Waals surface area contributed by atoms with Crippen molar-refractivity contribution < 1.29 is 9.59 Å². The lowest BCUT2D eigenvalue weighted by Gasteiger charge is -2.31. The quantitative estimate of drug-likeness (QED) is 0.625. The van der Waals surface area contributed by atoms with Gasteiger partial charge in [-0.05, 0) is 38.7 Å². The lowest BCUT2D eigenvalue weighted by Crippen LogP contribution is -2.40. The van der Waals surface area contributed by atoms with Gasteiger partial charge in [-0.1, -0.05) is 30.3 Å². The number of Topliss-reactive ketones (excluding diaryl/α,β-unsaturated/α-hetero) is 1. The molecule has 0 saturated carbocycles. The number of aryl methyl sites for hydroxylation is 2. The van der Waals surface area contributed by atoms with Crippen LogP contribution in [-0.4, -0.2) is 49.3 Å². The molecule has 0 atom stereocenters. The molecule has 4 rings (SSSR count). The van der Waals surface area contributed by atoms with Gasteiger partial charge in [-0.25, -0.2) is 9.50 Å². The molecule has 150 valence electrons. The highest BCUT2D eigenvalue weighted by Crippen LogP contribution is 2.23. The van der Waals surface area contributed by atoms with Crippen molar-refractivity contribution in [3.05, 3.63) is 59.2 Å². The first-order chi connectivity index (χ1) is 14.0. The van der Waals surface area contributed by atoms with Gasteiger partial charge in [0.25, 0.3) is 5.78 Å². The number of hydrogen-bond donors (Lipinski definition) is 0. The molecule has 0 bridgehead atoms. The number of nitrogens with zero attached hydrogens (tertiary/aromatic N) is 5. The Bertz CT molecular complexity index is 1040. The number of rotatable bonds is 5. The first-order valence-corrected chi connectivity index (χ1v) is 10.1. The minimum atomic E-state index is 0.00450. The largest absolute Gasteiger partial charge is 0.343 e. The molecule has 3 heterocycles. The number of amides is 1. The first kappa shape index (κ1) is 19.2. The van der Waals surface area contributed by atoms with E-state index in [1.165, 1.54) is 6.33 Å². The number of benzene rings is 1. The average molecular weight is 391 g/mol. The summed E-state index contributed by atoms with van der Waals surface area (Å²) in [6.07, 6.45) is 4.00. The molecule has 1 fully saturated rings. The highest BCUT2D eigenvalue weighted by molar-refractivity contribution is 5.98. The van der Waals surface area contributed by atoms with E-state index in [2.05, 4.69) is 15.1 Å². The molecule has 7 nitrogen and oxygen atoms in total. The summed E-state index contributed by atoms with van der Waals surface area (Å²) in [5.41, 5.74) is 3.68. The van der Waals surface area contributed by atoms with Crippen LogP contribution in [0.3, 0.4) is 0 Å². The van der Waals surface area contributed by atoms with Crippen molar-refractivity contribution in [1.29, 1.82) is 0 Å². The van der Waals surface area contributed by atoms with Gasteiger partial charge in [0.15, 0.2) is 5.78 Å². The fraction of sp³-hybridized carbons (Fsp3) is 0.409. The van der Waals surface area contributed by atoms with Crippen LogP contribution in [-0.2, 0) is 11.2 Å². The van der Waals surface area contributed by atoms with E-state index in [4.69, 9.17) is 0 Å². The summed E-state index contributed by atoms with van der Waals surface area (Å²) >= 11 is 0. The third-order valence-electron chi connectivity index (χ3n) is 5.85. The van der Waals surface area contributed by atoms with Crippen molar-refractivity contribution in [3.63, 3.8) is 0 Å². The second kappa shape index (κ2) is 8.11. The van der Waals surface area contributed by atoms with Gasteiger partial charge in [-0.2, -0.15) is 10.1 Å². The maximum Gasteiger partial charge on any atom is 0.252 e. The van der Waals surface area contributed by atoms with Crippen LogP contribution in [0.2, 0.25) is 0 Å². The van der Waals surface area contributed by atoms with E-state index < -0.39 is 0 Å². The predicted octanol–water partition coefficient (Wildman–Crippen LogP) is 2.80. The monoisotopic (exact) mass is 391 g/mol. The molecule has 3 aromatic rings. The van der Waals surface area contributed by atoms with Crippen LogP contribution >= 0.6 is 0 Å². The SMILES string of the molecule is Cc1nc2ncnn2c(C)c1CCC(=O)N1CCC(C(=O)c2ccccc2)CC1. The summed E-state index contributed by atoms with van der Waals surface area (Å²) < 4.78 is 1.72. The smallest absolute Gasteiger partial charge is 0.252 e. The van der Waals surface area contributed by atoms with E-state index in [1.807, 2.05) is 49.1 Å². The average Bonchev–Trinajstić information content (AvgIpc) is 3.22. The lowest BCUT2D eigenvalue weighted by atomic mass is 9.88. The Balaban J connectivity index is 1.34. The van der Waals surface area contributed by atoms with E-state index in [1.54, 1.807) is 4.52 Å². The van der Waals surface area contributed by atoms with Crippen molar-refractivity contribution >= 4 is 17.5 Å². The van der Waals surface area contributed by atoms with Gasteiger partial charge in [-0.3, -0.25) is 9.59 Å². The van der Waals surface area contributed by atoms with Gasteiger partial charge in [0.1, 0.15) is 6.33 Å². The van der Waals surface area contributed by atoms with Gasteiger partial charge in [0.2, 0.25) is 5.91 Å². The minimum absolute atomic E-state index is 0.00450. The van der Waals surface area contributed by atoms with E-state index in [0.717, 1.165) is 35.4 Å². The van der Waals surface area contributed by atoms with Gasteiger partial charge in [0.05, 0.1) is 0 Å². The molecule has 1 saturated heterocycles. The molecule has 0 spiro atoms. The van der Waals surface area contributed by atoms with Crippen molar-refractivity contribution in [2.45, 2.75) is 39.5 Å². The Hall–Kier alpha value is -3.09. The van der Waals surface area contributed by atoms with Crippen LogP contribution in [0.5, 0.6) is 0 Å². The highest BCUT2D eigenvalue weighted by atomic mass is 16.2. The molecule has 1 aliphatic heterocycles. The second-order valence-electron chi connectivity index (χ2n) is 7.62. The number of piperidine rings is 1. The lowest BCUT2D eigenvalue weighted by molar-refractivity contribution is -0.132. The van der Waals surface area contributed by atoms with Gasteiger partial charge in [-0.15, -0.1) is 0 Å². The number of carbonyl (C=O) groups excluding carboxylic acids is 2. The standard InChI is InChI=1S/C22H25N5O2/c1-15-19(16(2)27-22(25-15)23-14-24-27)8-9-20(28)26-12-10-18(11-13-26)21(29)17-6-4-3-5-7-17/h3-7,14,18H,8-13H2,1-2H3. The molecule has 1 aliphatic rings. The predicted molar refractivity (Wildman–Crippen MR) is 109 cm³/mol. The minimum Gasteiger partial charge on any atom is -0.343 e. The molecule has 0 aliphatic carbocycles. The van der Waals surface area contributed by atoms with Gasteiger partial charge < -0.3 is 4.90 Å². The number of ketones is 1. The van der Waals surface area contributed by atoms with Gasteiger partial charge in [0, 0.05) is 42.4 Å². The number of hydrogen-bond acceptors (Lipinski definition) is 5.